The Morgan fingerprint density at radius 3 is 2.53 bits per heavy atom. The number of rotatable bonds is 7. The average molecular weight is 791 g/mol. The van der Waals surface area contributed by atoms with E-state index in [1.54, 1.807) is 13.0 Å². The molecule has 0 radical (unpaired) electrons. The van der Waals surface area contributed by atoms with Gasteiger partial charge in [-0.15, -0.1) is 0 Å². The van der Waals surface area contributed by atoms with E-state index < -0.39 is 18.1 Å². The van der Waals surface area contributed by atoms with Crippen LogP contribution >= 0.6 is 0 Å². The van der Waals surface area contributed by atoms with Crippen LogP contribution < -0.4 is 15.0 Å². The van der Waals surface area contributed by atoms with Gasteiger partial charge in [-0.25, -0.2) is 0 Å². The molecule has 2 aromatic carbocycles. The predicted octanol–water partition coefficient (Wildman–Crippen LogP) is 8.58. The number of ketones is 2. The van der Waals surface area contributed by atoms with Crippen molar-refractivity contribution in [2.45, 2.75) is 110 Å². The second kappa shape index (κ2) is 17.6. The number of dihydropyridines is 1. The summed E-state index contributed by atoms with van der Waals surface area (Å²) >= 11 is 0. The normalized spacial score (nSPS) is 21.5. The van der Waals surface area contributed by atoms with Gasteiger partial charge in [0.1, 0.15) is 23.5 Å². The van der Waals surface area contributed by atoms with E-state index in [0.29, 0.717) is 37.4 Å². The Morgan fingerprint density at radius 2 is 1.79 bits per heavy atom. The molecule has 3 aliphatic rings. The van der Waals surface area contributed by atoms with Crippen LogP contribution in [0.5, 0.6) is 17.2 Å². The number of methoxy groups -OCH3 is 1. The number of anilines is 1. The van der Waals surface area contributed by atoms with Crippen LogP contribution in [0.2, 0.25) is 0 Å². The Hall–Kier alpha value is -5.45. The zero-order chi connectivity index (χ0) is 41.0. The summed E-state index contributed by atoms with van der Waals surface area (Å²) in [5, 5.41) is 26.9. The number of aromatic hydroxyl groups is 2. The van der Waals surface area contributed by atoms with Crippen LogP contribution in [0.15, 0.2) is 78.7 Å². The first-order valence-corrected chi connectivity index (χ1v) is 20.9. The molecule has 2 aromatic heterocycles. The number of phenols is 2. The van der Waals surface area contributed by atoms with Gasteiger partial charge in [0.15, 0.2) is 11.5 Å². The van der Waals surface area contributed by atoms with Crippen molar-refractivity contribution in [3.05, 3.63) is 95.4 Å². The maximum atomic E-state index is 14.2. The molecule has 0 amide bonds. The number of aromatic nitrogens is 2. The lowest BCUT2D eigenvalue weighted by atomic mass is 9.72. The van der Waals surface area contributed by atoms with Gasteiger partial charge in [-0.05, 0) is 103 Å². The third-order valence-electron chi connectivity index (χ3n) is 12.7. The highest BCUT2D eigenvalue weighted by atomic mass is 16.5. The van der Waals surface area contributed by atoms with Crippen molar-refractivity contribution in [2.75, 3.05) is 25.1 Å². The molecule has 7 rings (SSSR count). The number of benzene rings is 2. The molecule has 3 atom stereocenters. The van der Waals surface area contributed by atoms with Crippen LogP contribution in [0.1, 0.15) is 108 Å². The standard InChI is InChI=1S/C47H58N4O7/c1-5-32-11-12-39(58-31(3)53)23-38(54)24-42(34-20-43(55)46(56)44(21-34)57-4)50-28-33-9-8-10-41(40(33)29-50)51(18-14-30(2)52)45-22-37(13-17-49-45)47(15-6-7-16-47)25-36-27-48-26-35(36)19-32/h8-10,13,20-22,26-29,32,39,42,48-49,55-56H,5-7,11-12,14-19,23-25H2,1-4H3/t32-,39-,42-/m1/s1. The lowest BCUT2D eigenvalue weighted by Crippen LogP contribution is -2.37. The second-order valence-corrected chi connectivity index (χ2v) is 16.7. The molecule has 11 heteroatoms. The number of hydrogen-bond acceptors (Lipinski definition) is 9. The van der Waals surface area contributed by atoms with E-state index in [9.17, 15) is 24.6 Å². The number of nitrogens with one attached hydrogen (secondary N) is 2. The Bertz CT molecular complexity index is 2210. The zero-order valence-corrected chi connectivity index (χ0v) is 34.3. The van der Waals surface area contributed by atoms with E-state index in [1.807, 2.05) is 29.1 Å². The average Bonchev–Trinajstić information content (AvgIpc) is 3.97. The quantitative estimate of drug-likeness (QED) is 0.107. The summed E-state index contributed by atoms with van der Waals surface area (Å²) in [5.41, 5.74) is 5.47. The maximum absolute atomic E-state index is 14.2. The fraction of sp³-hybridized carbons (Fsp3) is 0.468. The number of fused-ring (bicyclic) bond motifs is 4. The smallest absolute Gasteiger partial charge is 0.302 e. The summed E-state index contributed by atoms with van der Waals surface area (Å²) in [6.07, 6.45) is 21.6. The largest absolute Gasteiger partial charge is 0.504 e. The van der Waals surface area contributed by atoms with Gasteiger partial charge in [-0.3, -0.25) is 14.4 Å². The van der Waals surface area contributed by atoms with E-state index in [-0.39, 0.29) is 47.1 Å². The molecule has 4 aromatic rings. The minimum absolute atomic E-state index is 0.0168. The highest BCUT2D eigenvalue weighted by Gasteiger charge is 2.39. The monoisotopic (exact) mass is 790 g/mol. The zero-order valence-electron chi connectivity index (χ0n) is 34.3. The molecule has 1 spiro atoms. The molecule has 11 nitrogen and oxygen atoms in total. The molecular formula is C47H58N4O7. The van der Waals surface area contributed by atoms with Gasteiger partial charge >= 0.3 is 5.97 Å². The Labute approximate surface area is 341 Å². The van der Waals surface area contributed by atoms with Crippen molar-refractivity contribution in [1.82, 2.24) is 14.9 Å². The molecule has 0 unspecified atom stereocenters. The Kier molecular flexibility index (Phi) is 12.4. The first-order chi connectivity index (χ1) is 28.0. The van der Waals surface area contributed by atoms with Gasteiger partial charge in [0.25, 0.3) is 0 Å². The topological polar surface area (TPSA) is 146 Å². The summed E-state index contributed by atoms with van der Waals surface area (Å²) < 4.78 is 13.2. The third kappa shape index (κ3) is 8.83. The van der Waals surface area contributed by atoms with Crippen LogP contribution in [-0.4, -0.2) is 63.6 Å². The molecule has 4 heterocycles. The summed E-state index contributed by atoms with van der Waals surface area (Å²) in [7, 11) is 1.42. The van der Waals surface area contributed by atoms with Crippen LogP contribution in [-0.2, 0) is 32.0 Å². The minimum Gasteiger partial charge on any atom is -0.504 e. The Balaban J connectivity index is 1.38. The van der Waals surface area contributed by atoms with Crippen molar-refractivity contribution in [1.29, 1.82) is 0 Å². The highest BCUT2D eigenvalue weighted by molar-refractivity contribution is 5.95. The number of nitrogens with zero attached hydrogens (tertiary/aromatic N) is 2. The molecule has 1 saturated carbocycles. The Morgan fingerprint density at radius 1 is 1.00 bits per heavy atom. The molecule has 1 aliphatic carbocycles. The van der Waals surface area contributed by atoms with Gasteiger partial charge in [0.05, 0.1) is 18.8 Å². The number of Topliss-reactive ketones (excluding diaryl/α,β-unsaturated/α-hetero) is 2. The van der Waals surface area contributed by atoms with Gasteiger partial charge in [0.2, 0.25) is 5.75 Å². The van der Waals surface area contributed by atoms with E-state index >= 15 is 0 Å². The molecule has 4 bridgehead atoms. The fourth-order valence-corrected chi connectivity index (χ4v) is 9.59. The number of esters is 1. The second-order valence-electron chi connectivity index (χ2n) is 16.7. The fourth-order valence-electron chi connectivity index (χ4n) is 9.59. The van der Waals surface area contributed by atoms with Gasteiger partial charge in [-0.1, -0.05) is 44.4 Å². The summed E-state index contributed by atoms with van der Waals surface area (Å²) in [4.78, 5) is 44.8. The SMILES string of the molecule is CC[C@@H]1CC[C@@H](OC(C)=O)CC(=O)C[C@H](c2cc(O)c(O)c(OC)c2)n2cc3cccc(c3c2)N(CCC(C)=O)C2=CC(=CCN2)C2(CCCC2)Cc2c[nH]cc2C1. The number of hydrogen-bond donors (Lipinski definition) is 4. The molecule has 58 heavy (non-hydrogen) atoms. The van der Waals surface area contributed by atoms with E-state index in [4.69, 9.17) is 9.47 Å². The number of carbonyl (C=O) groups is 3. The van der Waals surface area contributed by atoms with Crippen LogP contribution in [0.4, 0.5) is 5.69 Å². The van der Waals surface area contributed by atoms with Crippen molar-refractivity contribution in [2.24, 2.45) is 11.3 Å². The van der Waals surface area contributed by atoms with E-state index in [1.165, 1.54) is 49.6 Å². The first-order valence-electron chi connectivity index (χ1n) is 20.9. The minimum atomic E-state index is -0.606. The predicted molar refractivity (Wildman–Crippen MR) is 225 cm³/mol. The van der Waals surface area contributed by atoms with Gasteiger partial charge < -0.3 is 39.5 Å². The number of allylic oxidation sites excluding steroid dienone is 2. The molecule has 1 fully saturated rings. The highest BCUT2D eigenvalue weighted by Crippen LogP contribution is 2.49. The van der Waals surface area contributed by atoms with Gasteiger partial charge in [-0.2, -0.15) is 0 Å². The lowest BCUT2D eigenvalue weighted by Gasteiger charge is -2.36. The third-order valence-corrected chi connectivity index (χ3v) is 12.7. The molecular weight excluding hydrogens is 733 g/mol. The molecule has 4 N–H and O–H groups in total. The molecule has 308 valence electrons. The number of aromatic amines is 1. The molecule has 2 aliphatic heterocycles. The number of ether oxygens (including phenoxy) is 2. The van der Waals surface area contributed by atoms with Crippen molar-refractivity contribution in [3.8, 4) is 17.2 Å². The van der Waals surface area contributed by atoms with Crippen LogP contribution in [0, 0.1) is 11.3 Å². The molecule has 0 saturated heterocycles. The summed E-state index contributed by atoms with van der Waals surface area (Å²) in [6.45, 7) is 6.36. The van der Waals surface area contributed by atoms with Gasteiger partial charge in [0, 0.05) is 74.8 Å². The lowest BCUT2D eigenvalue weighted by molar-refractivity contribution is -0.148. The maximum Gasteiger partial charge on any atom is 0.302 e. The number of carbonyl (C=O) groups excluding carboxylic acids is 3. The van der Waals surface area contributed by atoms with E-state index in [2.05, 4.69) is 52.7 Å². The van der Waals surface area contributed by atoms with Crippen molar-refractivity contribution < 1.29 is 34.1 Å². The number of H-pyrrole nitrogens is 1. The number of phenolic OH excluding ortho intramolecular Hbond substituents is 2. The van der Waals surface area contributed by atoms with E-state index in [0.717, 1.165) is 60.8 Å². The summed E-state index contributed by atoms with van der Waals surface area (Å²) in [5.74, 6) is 0.213. The first kappa shape index (κ1) is 40.7. The van der Waals surface area contributed by atoms with Crippen molar-refractivity contribution >= 4 is 34.0 Å². The van der Waals surface area contributed by atoms with Crippen molar-refractivity contribution in [3.63, 3.8) is 0 Å². The summed E-state index contributed by atoms with van der Waals surface area (Å²) in [6, 6.07) is 8.62. The van der Waals surface area contributed by atoms with Crippen LogP contribution in [0.3, 0.4) is 0 Å². The van der Waals surface area contributed by atoms with Crippen LogP contribution in [0.25, 0.3) is 10.8 Å².